The SMILES string of the molecule is CN(C[C@@H](CCN1CCC(C)(N2CCCCC2=O)CC1)c1ccc(Cl)c(Cl)c1)C(=O)c1ccccc1. The van der Waals surface area contributed by atoms with Crippen molar-refractivity contribution in [1.82, 2.24) is 14.7 Å². The molecule has 2 aromatic carbocycles. The highest BCUT2D eigenvalue weighted by molar-refractivity contribution is 6.42. The quantitative estimate of drug-likeness (QED) is 0.414. The van der Waals surface area contributed by atoms with Crippen LogP contribution in [0.3, 0.4) is 0 Å². The molecule has 0 bridgehead atoms. The van der Waals surface area contributed by atoms with E-state index in [0.717, 1.165) is 63.8 Å². The number of carbonyl (C=O) groups is 2. The molecule has 0 saturated carbocycles. The van der Waals surface area contributed by atoms with Gasteiger partial charge in [0.25, 0.3) is 5.91 Å². The van der Waals surface area contributed by atoms with Crippen molar-refractivity contribution in [2.75, 3.05) is 39.8 Å². The Morgan fingerprint density at radius 2 is 1.75 bits per heavy atom. The van der Waals surface area contributed by atoms with Crippen LogP contribution in [0.4, 0.5) is 0 Å². The van der Waals surface area contributed by atoms with E-state index in [1.807, 2.05) is 55.6 Å². The standard InChI is InChI=1S/C29H37Cl2N3O2/c1-29(34-16-7-6-10-27(34)35)14-18-33(19-15-29)17-13-24(23-11-12-25(30)26(31)20-23)21-32(2)28(36)22-8-4-3-5-9-22/h3-5,8-9,11-12,20,24H,6-7,10,13-19,21H2,1-2H3/t24-/m1/s1. The number of likely N-dealkylation sites (tertiary alicyclic amines) is 2. The summed E-state index contributed by atoms with van der Waals surface area (Å²) in [6.07, 6.45) is 5.75. The van der Waals surface area contributed by atoms with E-state index in [4.69, 9.17) is 23.2 Å². The molecule has 7 heteroatoms. The molecule has 0 spiro atoms. The smallest absolute Gasteiger partial charge is 0.253 e. The third-order valence-corrected chi connectivity index (χ3v) is 8.72. The predicted octanol–water partition coefficient (Wildman–Crippen LogP) is 6.11. The molecule has 2 aliphatic rings. The van der Waals surface area contributed by atoms with Crippen LogP contribution in [0.5, 0.6) is 0 Å². The Bertz CT molecular complexity index is 1050. The molecule has 1 atom stereocenters. The minimum atomic E-state index is -0.0283. The molecule has 2 saturated heterocycles. The average Bonchev–Trinajstić information content (AvgIpc) is 2.89. The lowest BCUT2D eigenvalue weighted by molar-refractivity contribution is -0.141. The Morgan fingerprint density at radius 1 is 1.03 bits per heavy atom. The molecule has 2 amide bonds. The molecule has 0 radical (unpaired) electrons. The van der Waals surface area contributed by atoms with Gasteiger partial charge in [0.05, 0.1) is 10.0 Å². The highest BCUT2D eigenvalue weighted by Crippen LogP contribution is 2.33. The maximum Gasteiger partial charge on any atom is 0.253 e. The van der Waals surface area contributed by atoms with Crippen LogP contribution in [0.25, 0.3) is 0 Å². The summed E-state index contributed by atoms with van der Waals surface area (Å²) in [6, 6.07) is 15.2. The zero-order chi connectivity index (χ0) is 25.7. The van der Waals surface area contributed by atoms with Crippen molar-refractivity contribution in [1.29, 1.82) is 0 Å². The summed E-state index contributed by atoms with van der Waals surface area (Å²) in [6.45, 7) is 6.65. The molecule has 0 N–H and O–H groups in total. The van der Waals surface area contributed by atoms with Crippen LogP contribution in [0, 0.1) is 0 Å². The van der Waals surface area contributed by atoms with Crippen LogP contribution in [-0.2, 0) is 4.79 Å². The van der Waals surface area contributed by atoms with Gasteiger partial charge in [-0.3, -0.25) is 9.59 Å². The van der Waals surface area contributed by atoms with Crippen LogP contribution < -0.4 is 0 Å². The van der Waals surface area contributed by atoms with Gasteiger partial charge in [-0.15, -0.1) is 0 Å². The molecule has 0 unspecified atom stereocenters. The Morgan fingerprint density at radius 3 is 2.42 bits per heavy atom. The van der Waals surface area contributed by atoms with Crippen molar-refractivity contribution in [3.63, 3.8) is 0 Å². The molecule has 2 aromatic rings. The third kappa shape index (κ3) is 6.42. The van der Waals surface area contributed by atoms with Gasteiger partial charge in [0.1, 0.15) is 0 Å². The van der Waals surface area contributed by atoms with E-state index in [9.17, 15) is 9.59 Å². The topological polar surface area (TPSA) is 43.9 Å². The van der Waals surface area contributed by atoms with E-state index in [1.165, 1.54) is 0 Å². The van der Waals surface area contributed by atoms with Gasteiger partial charge in [-0.2, -0.15) is 0 Å². The van der Waals surface area contributed by atoms with Crippen LogP contribution in [0.2, 0.25) is 10.0 Å². The number of likely N-dealkylation sites (N-methyl/N-ethyl adjacent to an activating group) is 1. The molecule has 0 aromatic heterocycles. The summed E-state index contributed by atoms with van der Waals surface area (Å²) in [4.78, 5) is 32.0. The van der Waals surface area contributed by atoms with Crippen molar-refractivity contribution in [3.8, 4) is 0 Å². The van der Waals surface area contributed by atoms with Crippen molar-refractivity contribution in [3.05, 3.63) is 69.7 Å². The molecule has 5 nitrogen and oxygen atoms in total. The van der Waals surface area contributed by atoms with Crippen LogP contribution in [0.1, 0.15) is 67.3 Å². The molecule has 2 heterocycles. The van der Waals surface area contributed by atoms with Gasteiger partial charge >= 0.3 is 0 Å². The predicted molar refractivity (Wildman–Crippen MR) is 147 cm³/mol. The van der Waals surface area contributed by atoms with E-state index >= 15 is 0 Å². The van der Waals surface area contributed by atoms with Gasteiger partial charge in [-0.1, -0.05) is 47.5 Å². The lowest BCUT2D eigenvalue weighted by Gasteiger charge is -2.48. The van der Waals surface area contributed by atoms with Crippen LogP contribution in [-0.4, -0.2) is 71.8 Å². The Balaban J connectivity index is 1.40. The normalized spacial score (nSPS) is 19.2. The fraction of sp³-hybridized carbons (Fsp3) is 0.517. The number of amides is 2. The maximum atomic E-state index is 13.0. The van der Waals surface area contributed by atoms with E-state index in [0.29, 0.717) is 34.5 Å². The van der Waals surface area contributed by atoms with Gasteiger partial charge in [0.15, 0.2) is 0 Å². The van der Waals surface area contributed by atoms with Gasteiger partial charge in [-0.05, 0) is 75.4 Å². The summed E-state index contributed by atoms with van der Waals surface area (Å²) in [5.74, 6) is 0.470. The molecule has 0 aliphatic carbocycles. The number of halogens is 2. The Kier molecular flexibility index (Phi) is 8.97. The van der Waals surface area contributed by atoms with Gasteiger partial charge in [-0.25, -0.2) is 0 Å². The largest absolute Gasteiger partial charge is 0.341 e. The minimum Gasteiger partial charge on any atom is -0.341 e. The fourth-order valence-electron chi connectivity index (χ4n) is 5.59. The zero-order valence-corrected chi connectivity index (χ0v) is 22.9. The summed E-state index contributed by atoms with van der Waals surface area (Å²) < 4.78 is 0. The number of piperidine rings is 2. The maximum absolute atomic E-state index is 13.0. The van der Waals surface area contributed by atoms with Crippen LogP contribution >= 0.6 is 23.2 Å². The second-order valence-electron chi connectivity index (χ2n) is 10.6. The molecule has 36 heavy (non-hydrogen) atoms. The second kappa shape index (κ2) is 12.0. The first-order valence-corrected chi connectivity index (χ1v) is 13.8. The number of hydrogen-bond acceptors (Lipinski definition) is 3. The first kappa shape index (κ1) is 27.0. The van der Waals surface area contributed by atoms with E-state index in [1.54, 1.807) is 4.90 Å². The molecular weight excluding hydrogens is 493 g/mol. The van der Waals surface area contributed by atoms with Crippen LogP contribution in [0.15, 0.2) is 48.5 Å². The molecule has 2 aliphatic heterocycles. The second-order valence-corrected chi connectivity index (χ2v) is 11.4. The van der Waals surface area contributed by atoms with E-state index < -0.39 is 0 Å². The molecular formula is C29H37Cl2N3O2. The fourth-order valence-corrected chi connectivity index (χ4v) is 5.89. The zero-order valence-electron chi connectivity index (χ0n) is 21.4. The van der Waals surface area contributed by atoms with Gasteiger partial charge < -0.3 is 14.7 Å². The van der Waals surface area contributed by atoms with Gasteiger partial charge in [0.2, 0.25) is 5.91 Å². The Hall–Kier alpha value is -2.08. The minimum absolute atomic E-state index is 0.0144. The lowest BCUT2D eigenvalue weighted by atomic mass is 9.85. The monoisotopic (exact) mass is 529 g/mol. The van der Waals surface area contributed by atoms with Crippen molar-refractivity contribution < 1.29 is 9.59 Å². The Labute approximate surface area is 225 Å². The highest BCUT2D eigenvalue weighted by Gasteiger charge is 2.39. The molecule has 4 rings (SSSR count). The van der Waals surface area contributed by atoms with Crippen molar-refractivity contribution in [2.24, 2.45) is 0 Å². The number of nitrogens with zero attached hydrogens (tertiary/aromatic N) is 3. The molecule has 194 valence electrons. The highest BCUT2D eigenvalue weighted by atomic mass is 35.5. The first-order valence-electron chi connectivity index (χ1n) is 13.0. The number of carbonyl (C=O) groups excluding carboxylic acids is 2. The molecule has 2 fully saturated rings. The average molecular weight is 531 g/mol. The summed E-state index contributed by atoms with van der Waals surface area (Å²) >= 11 is 12.6. The number of hydrogen-bond donors (Lipinski definition) is 0. The third-order valence-electron chi connectivity index (χ3n) is 7.98. The lowest BCUT2D eigenvalue weighted by Crippen LogP contribution is -2.57. The number of rotatable bonds is 8. The summed E-state index contributed by atoms with van der Waals surface area (Å²) in [5, 5.41) is 1.08. The summed E-state index contributed by atoms with van der Waals surface area (Å²) in [5.41, 5.74) is 1.76. The van der Waals surface area contributed by atoms with Crippen molar-refractivity contribution in [2.45, 2.75) is 56.9 Å². The summed E-state index contributed by atoms with van der Waals surface area (Å²) in [7, 11) is 1.86. The first-order chi connectivity index (χ1) is 17.3. The van der Waals surface area contributed by atoms with E-state index in [2.05, 4.69) is 16.7 Å². The van der Waals surface area contributed by atoms with Gasteiger partial charge in [0, 0.05) is 56.7 Å². The van der Waals surface area contributed by atoms with Crippen molar-refractivity contribution >= 4 is 35.0 Å². The van der Waals surface area contributed by atoms with E-state index in [-0.39, 0.29) is 17.4 Å². The number of benzene rings is 2.